The number of carbonyl (C=O) groups excluding carboxylic acids is 1. The first-order chi connectivity index (χ1) is 9.66. The van der Waals surface area contributed by atoms with E-state index in [2.05, 4.69) is 10.6 Å². The van der Waals surface area contributed by atoms with Crippen LogP contribution in [0.1, 0.15) is 41.6 Å². The Morgan fingerprint density at radius 3 is 2.65 bits per heavy atom. The van der Waals surface area contributed by atoms with E-state index in [4.69, 9.17) is 5.11 Å². The molecule has 0 spiro atoms. The monoisotopic (exact) mass is 276 g/mol. The highest BCUT2D eigenvalue weighted by Crippen LogP contribution is 2.09. The van der Waals surface area contributed by atoms with Crippen molar-refractivity contribution in [3.05, 3.63) is 35.4 Å². The lowest BCUT2D eigenvalue weighted by molar-refractivity contribution is -0.123. The van der Waals surface area contributed by atoms with Gasteiger partial charge in [0.05, 0.1) is 11.6 Å². The van der Waals surface area contributed by atoms with Crippen LogP contribution in [0.25, 0.3) is 0 Å². The zero-order valence-electron chi connectivity index (χ0n) is 11.4. The fourth-order valence-electron chi connectivity index (χ4n) is 2.33. The molecule has 1 aliphatic rings. The van der Waals surface area contributed by atoms with Gasteiger partial charge in [0.15, 0.2) is 0 Å². The van der Waals surface area contributed by atoms with E-state index in [0.717, 1.165) is 31.4 Å². The van der Waals surface area contributed by atoms with E-state index in [-0.39, 0.29) is 17.5 Å². The highest BCUT2D eigenvalue weighted by Gasteiger charge is 2.18. The molecule has 1 unspecified atom stereocenters. The van der Waals surface area contributed by atoms with Gasteiger partial charge in [-0.2, -0.15) is 0 Å². The fraction of sp³-hybridized carbons (Fsp3) is 0.467. The first-order valence-corrected chi connectivity index (χ1v) is 7.00. The molecule has 3 N–H and O–H groups in total. The van der Waals surface area contributed by atoms with Gasteiger partial charge in [0, 0.05) is 6.54 Å². The van der Waals surface area contributed by atoms with E-state index in [1.807, 2.05) is 0 Å². The Labute approximate surface area is 118 Å². The molecule has 0 aliphatic carbocycles. The molecule has 1 amide bonds. The van der Waals surface area contributed by atoms with E-state index in [1.165, 1.54) is 6.42 Å². The van der Waals surface area contributed by atoms with Crippen LogP contribution in [0.4, 0.5) is 0 Å². The third kappa shape index (κ3) is 4.06. The van der Waals surface area contributed by atoms with Crippen LogP contribution in [-0.2, 0) is 11.3 Å². The molecular formula is C15H20N2O3. The Hall–Kier alpha value is -1.88. The average Bonchev–Trinajstić information content (AvgIpc) is 2.74. The van der Waals surface area contributed by atoms with Crippen molar-refractivity contribution in [2.24, 2.45) is 0 Å². The molecule has 108 valence electrons. The molecule has 2 rings (SSSR count). The second-order valence-corrected chi connectivity index (χ2v) is 5.08. The van der Waals surface area contributed by atoms with E-state index < -0.39 is 5.97 Å². The summed E-state index contributed by atoms with van der Waals surface area (Å²) in [6, 6.07) is 6.45. The Balaban J connectivity index is 1.84. The van der Waals surface area contributed by atoms with Crippen molar-refractivity contribution < 1.29 is 14.7 Å². The molecule has 0 saturated carbocycles. The van der Waals surface area contributed by atoms with Crippen LogP contribution in [-0.4, -0.2) is 29.6 Å². The quantitative estimate of drug-likeness (QED) is 0.779. The SMILES string of the molecule is O=C(O)c1ccc(CNC(=O)C2CCCCCN2)cc1. The molecule has 1 aromatic carbocycles. The number of amides is 1. The van der Waals surface area contributed by atoms with E-state index in [0.29, 0.717) is 6.54 Å². The molecule has 0 radical (unpaired) electrons. The lowest BCUT2D eigenvalue weighted by Crippen LogP contribution is -2.43. The van der Waals surface area contributed by atoms with Gasteiger partial charge in [-0.3, -0.25) is 4.79 Å². The maximum absolute atomic E-state index is 12.0. The number of benzene rings is 1. The molecule has 5 nitrogen and oxygen atoms in total. The minimum absolute atomic E-state index is 0.0224. The van der Waals surface area contributed by atoms with Gasteiger partial charge in [0.25, 0.3) is 0 Å². The van der Waals surface area contributed by atoms with Crippen molar-refractivity contribution in [3.8, 4) is 0 Å². The standard InChI is InChI=1S/C15H20N2O3/c18-14(13-4-2-1-3-9-16-13)17-10-11-5-7-12(8-6-11)15(19)20/h5-8,13,16H,1-4,9-10H2,(H,17,18)(H,19,20). The highest BCUT2D eigenvalue weighted by atomic mass is 16.4. The summed E-state index contributed by atoms with van der Waals surface area (Å²) in [7, 11) is 0. The first kappa shape index (κ1) is 14.5. The number of nitrogens with one attached hydrogen (secondary N) is 2. The van der Waals surface area contributed by atoms with Crippen molar-refractivity contribution in [2.45, 2.75) is 38.3 Å². The minimum Gasteiger partial charge on any atom is -0.478 e. The van der Waals surface area contributed by atoms with Gasteiger partial charge in [-0.05, 0) is 37.1 Å². The van der Waals surface area contributed by atoms with Crippen LogP contribution >= 0.6 is 0 Å². The number of hydrogen-bond donors (Lipinski definition) is 3. The van der Waals surface area contributed by atoms with Gasteiger partial charge in [-0.15, -0.1) is 0 Å². The molecule has 1 heterocycles. The smallest absolute Gasteiger partial charge is 0.335 e. The largest absolute Gasteiger partial charge is 0.478 e. The van der Waals surface area contributed by atoms with Crippen LogP contribution in [0.3, 0.4) is 0 Å². The van der Waals surface area contributed by atoms with Crippen molar-refractivity contribution in [1.82, 2.24) is 10.6 Å². The fourth-order valence-corrected chi connectivity index (χ4v) is 2.33. The minimum atomic E-state index is -0.941. The molecule has 1 saturated heterocycles. The van der Waals surface area contributed by atoms with Crippen LogP contribution < -0.4 is 10.6 Å². The molecule has 1 aliphatic heterocycles. The van der Waals surface area contributed by atoms with Gasteiger partial charge in [0.1, 0.15) is 0 Å². The van der Waals surface area contributed by atoms with Crippen LogP contribution in [0, 0.1) is 0 Å². The van der Waals surface area contributed by atoms with E-state index in [1.54, 1.807) is 24.3 Å². The van der Waals surface area contributed by atoms with Gasteiger partial charge in [-0.25, -0.2) is 4.79 Å². The lowest BCUT2D eigenvalue weighted by Gasteiger charge is -2.15. The Morgan fingerprint density at radius 2 is 1.95 bits per heavy atom. The number of rotatable bonds is 4. The number of hydrogen-bond acceptors (Lipinski definition) is 3. The maximum Gasteiger partial charge on any atom is 0.335 e. The van der Waals surface area contributed by atoms with Crippen molar-refractivity contribution in [2.75, 3.05) is 6.54 Å². The molecule has 5 heteroatoms. The zero-order chi connectivity index (χ0) is 14.4. The molecular weight excluding hydrogens is 256 g/mol. The molecule has 1 atom stereocenters. The Bertz CT molecular complexity index is 463. The predicted molar refractivity (Wildman–Crippen MR) is 75.5 cm³/mol. The topological polar surface area (TPSA) is 78.4 Å². The summed E-state index contributed by atoms with van der Waals surface area (Å²) in [5.74, 6) is -0.919. The summed E-state index contributed by atoms with van der Waals surface area (Å²) in [5, 5.41) is 15.0. The van der Waals surface area contributed by atoms with Crippen molar-refractivity contribution in [1.29, 1.82) is 0 Å². The van der Waals surface area contributed by atoms with Crippen LogP contribution in [0.2, 0.25) is 0 Å². The normalized spacial score (nSPS) is 19.1. The van der Waals surface area contributed by atoms with Gasteiger partial charge < -0.3 is 15.7 Å². The highest BCUT2D eigenvalue weighted by molar-refractivity contribution is 5.87. The summed E-state index contributed by atoms with van der Waals surface area (Å²) in [5.41, 5.74) is 1.16. The second kappa shape index (κ2) is 7.05. The molecule has 1 fully saturated rings. The second-order valence-electron chi connectivity index (χ2n) is 5.08. The van der Waals surface area contributed by atoms with Gasteiger partial charge in [0.2, 0.25) is 5.91 Å². The predicted octanol–water partition coefficient (Wildman–Crippen LogP) is 1.53. The maximum atomic E-state index is 12.0. The van der Waals surface area contributed by atoms with Crippen LogP contribution in [0.5, 0.6) is 0 Å². The molecule has 0 aromatic heterocycles. The Morgan fingerprint density at radius 1 is 1.20 bits per heavy atom. The Kier molecular flexibility index (Phi) is 5.12. The van der Waals surface area contributed by atoms with E-state index >= 15 is 0 Å². The average molecular weight is 276 g/mol. The van der Waals surface area contributed by atoms with E-state index in [9.17, 15) is 9.59 Å². The summed E-state index contributed by atoms with van der Waals surface area (Å²) in [4.78, 5) is 22.8. The number of aromatic carboxylic acids is 1. The summed E-state index contributed by atoms with van der Waals surface area (Å²) >= 11 is 0. The van der Waals surface area contributed by atoms with Gasteiger partial charge >= 0.3 is 5.97 Å². The third-order valence-corrected chi connectivity index (χ3v) is 3.54. The van der Waals surface area contributed by atoms with Crippen LogP contribution in [0.15, 0.2) is 24.3 Å². The van der Waals surface area contributed by atoms with Crippen molar-refractivity contribution >= 4 is 11.9 Å². The first-order valence-electron chi connectivity index (χ1n) is 7.00. The molecule has 0 bridgehead atoms. The number of carboxylic acids is 1. The summed E-state index contributed by atoms with van der Waals surface area (Å²) in [6.07, 6.45) is 4.26. The summed E-state index contributed by atoms with van der Waals surface area (Å²) < 4.78 is 0. The van der Waals surface area contributed by atoms with Crippen molar-refractivity contribution in [3.63, 3.8) is 0 Å². The lowest BCUT2D eigenvalue weighted by atomic mass is 10.1. The zero-order valence-corrected chi connectivity index (χ0v) is 11.4. The number of carbonyl (C=O) groups is 2. The molecule has 1 aromatic rings. The molecule has 20 heavy (non-hydrogen) atoms. The summed E-state index contributed by atoms with van der Waals surface area (Å²) in [6.45, 7) is 1.32. The third-order valence-electron chi connectivity index (χ3n) is 3.54. The number of carboxylic acid groups (broad SMARTS) is 1. The van der Waals surface area contributed by atoms with Gasteiger partial charge in [-0.1, -0.05) is 25.0 Å².